The molecule has 5 heteroatoms. The van der Waals surface area contributed by atoms with E-state index in [2.05, 4.69) is 10.6 Å². The molecule has 5 nitrogen and oxygen atoms in total. The van der Waals surface area contributed by atoms with Crippen LogP contribution >= 0.6 is 0 Å². The molecule has 0 fully saturated rings. The van der Waals surface area contributed by atoms with E-state index >= 15 is 0 Å². The van der Waals surface area contributed by atoms with Crippen LogP contribution in [0.4, 0.5) is 0 Å². The molecule has 23 heavy (non-hydrogen) atoms. The highest BCUT2D eigenvalue weighted by molar-refractivity contribution is 5.94. The monoisotopic (exact) mass is 314 g/mol. The van der Waals surface area contributed by atoms with Crippen molar-refractivity contribution in [1.29, 1.82) is 0 Å². The molecule has 0 saturated heterocycles. The molecule has 1 aromatic heterocycles. The SMILES string of the molecule is CCC(C)NC(=O)c1ccc(CNC(=O)c2occc2C)cc1. The van der Waals surface area contributed by atoms with Gasteiger partial charge < -0.3 is 15.1 Å². The van der Waals surface area contributed by atoms with E-state index in [-0.39, 0.29) is 17.9 Å². The first-order valence-electron chi connectivity index (χ1n) is 7.73. The second-order valence-electron chi connectivity index (χ2n) is 5.60. The van der Waals surface area contributed by atoms with E-state index in [1.807, 2.05) is 32.9 Å². The van der Waals surface area contributed by atoms with Gasteiger partial charge in [-0.15, -0.1) is 0 Å². The lowest BCUT2D eigenvalue weighted by Crippen LogP contribution is -2.31. The number of hydrogen-bond acceptors (Lipinski definition) is 3. The average Bonchev–Trinajstić information content (AvgIpc) is 2.99. The fraction of sp³-hybridized carbons (Fsp3) is 0.333. The summed E-state index contributed by atoms with van der Waals surface area (Å²) in [6.45, 7) is 6.20. The van der Waals surface area contributed by atoms with Gasteiger partial charge in [0.2, 0.25) is 0 Å². The van der Waals surface area contributed by atoms with Crippen LogP contribution in [0.25, 0.3) is 0 Å². The summed E-state index contributed by atoms with van der Waals surface area (Å²) in [5.41, 5.74) is 2.34. The molecule has 2 amide bonds. The van der Waals surface area contributed by atoms with E-state index in [0.717, 1.165) is 17.5 Å². The Morgan fingerprint density at radius 1 is 1.13 bits per heavy atom. The van der Waals surface area contributed by atoms with Gasteiger partial charge in [0.05, 0.1) is 6.26 Å². The Balaban J connectivity index is 1.91. The van der Waals surface area contributed by atoms with E-state index in [1.54, 1.807) is 18.2 Å². The van der Waals surface area contributed by atoms with Gasteiger partial charge in [-0.25, -0.2) is 0 Å². The van der Waals surface area contributed by atoms with Crippen LogP contribution < -0.4 is 10.6 Å². The molecule has 2 aromatic rings. The first-order chi connectivity index (χ1) is 11.0. The minimum atomic E-state index is -0.244. The molecule has 0 aliphatic carbocycles. The van der Waals surface area contributed by atoms with E-state index in [1.165, 1.54) is 6.26 Å². The molecule has 2 rings (SSSR count). The number of carbonyl (C=O) groups is 2. The minimum Gasteiger partial charge on any atom is -0.459 e. The molecule has 0 radical (unpaired) electrons. The third-order valence-corrected chi connectivity index (χ3v) is 3.73. The van der Waals surface area contributed by atoms with E-state index < -0.39 is 0 Å². The van der Waals surface area contributed by atoms with Crippen molar-refractivity contribution in [3.05, 3.63) is 59.0 Å². The zero-order valence-corrected chi connectivity index (χ0v) is 13.7. The molecule has 0 saturated carbocycles. The molecular formula is C18H22N2O3. The van der Waals surface area contributed by atoms with Gasteiger partial charge in [0.1, 0.15) is 0 Å². The third-order valence-electron chi connectivity index (χ3n) is 3.73. The van der Waals surface area contributed by atoms with Crippen LogP contribution in [-0.4, -0.2) is 17.9 Å². The molecule has 0 aliphatic rings. The molecule has 1 atom stereocenters. The number of rotatable bonds is 6. The van der Waals surface area contributed by atoms with Crippen LogP contribution in [0.5, 0.6) is 0 Å². The van der Waals surface area contributed by atoms with Gasteiger partial charge in [0.25, 0.3) is 11.8 Å². The topological polar surface area (TPSA) is 71.3 Å². The van der Waals surface area contributed by atoms with Crippen LogP contribution in [0.15, 0.2) is 41.0 Å². The largest absolute Gasteiger partial charge is 0.459 e. The van der Waals surface area contributed by atoms with Crippen molar-refractivity contribution in [2.75, 3.05) is 0 Å². The second-order valence-corrected chi connectivity index (χ2v) is 5.60. The molecular weight excluding hydrogens is 292 g/mol. The number of benzene rings is 1. The van der Waals surface area contributed by atoms with Crippen LogP contribution in [0, 0.1) is 6.92 Å². The average molecular weight is 314 g/mol. The molecule has 1 heterocycles. The Kier molecular flexibility index (Phi) is 5.57. The maximum atomic E-state index is 12.0. The van der Waals surface area contributed by atoms with Crippen molar-refractivity contribution in [1.82, 2.24) is 10.6 Å². The zero-order chi connectivity index (χ0) is 16.8. The highest BCUT2D eigenvalue weighted by Crippen LogP contribution is 2.09. The van der Waals surface area contributed by atoms with E-state index in [9.17, 15) is 9.59 Å². The maximum Gasteiger partial charge on any atom is 0.287 e. The standard InChI is InChI=1S/C18H22N2O3/c1-4-13(3)20-17(21)15-7-5-14(6-8-15)11-19-18(22)16-12(2)9-10-23-16/h5-10,13H,4,11H2,1-3H3,(H,19,22)(H,20,21). The molecule has 0 spiro atoms. The summed E-state index contributed by atoms with van der Waals surface area (Å²) in [7, 11) is 0. The first kappa shape index (κ1) is 16.8. The Morgan fingerprint density at radius 3 is 2.39 bits per heavy atom. The van der Waals surface area contributed by atoms with Crippen molar-refractivity contribution in [3.63, 3.8) is 0 Å². The van der Waals surface area contributed by atoms with E-state index in [4.69, 9.17) is 4.42 Å². The fourth-order valence-electron chi connectivity index (χ4n) is 2.05. The smallest absolute Gasteiger partial charge is 0.287 e. The van der Waals surface area contributed by atoms with Gasteiger partial charge in [0.15, 0.2) is 5.76 Å². The van der Waals surface area contributed by atoms with Gasteiger partial charge in [-0.3, -0.25) is 9.59 Å². The predicted octanol–water partition coefficient (Wildman–Crippen LogP) is 3.05. The first-order valence-corrected chi connectivity index (χ1v) is 7.73. The molecule has 0 aliphatic heterocycles. The van der Waals surface area contributed by atoms with Gasteiger partial charge in [0, 0.05) is 23.7 Å². The summed E-state index contributed by atoms with van der Waals surface area (Å²) in [5, 5.41) is 5.72. The molecule has 1 unspecified atom stereocenters. The molecule has 122 valence electrons. The quantitative estimate of drug-likeness (QED) is 0.861. The van der Waals surface area contributed by atoms with E-state index in [0.29, 0.717) is 17.9 Å². The van der Waals surface area contributed by atoms with Crippen molar-refractivity contribution >= 4 is 11.8 Å². The van der Waals surface area contributed by atoms with Gasteiger partial charge in [-0.1, -0.05) is 19.1 Å². The van der Waals surface area contributed by atoms with Crippen LogP contribution in [-0.2, 0) is 6.54 Å². The second kappa shape index (κ2) is 7.63. The lowest BCUT2D eigenvalue weighted by Gasteiger charge is -2.11. The highest BCUT2D eigenvalue weighted by atomic mass is 16.3. The van der Waals surface area contributed by atoms with Gasteiger partial charge in [-0.05, 0) is 44.0 Å². The van der Waals surface area contributed by atoms with Crippen molar-refractivity contribution < 1.29 is 14.0 Å². The number of nitrogens with one attached hydrogen (secondary N) is 2. The summed E-state index contributed by atoms with van der Waals surface area (Å²) in [6, 6.07) is 9.09. The van der Waals surface area contributed by atoms with Crippen molar-refractivity contribution in [3.8, 4) is 0 Å². The minimum absolute atomic E-state index is 0.0823. The highest BCUT2D eigenvalue weighted by Gasteiger charge is 2.12. The number of furan rings is 1. The Morgan fingerprint density at radius 2 is 1.83 bits per heavy atom. The lowest BCUT2D eigenvalue weighted by molar-refractivity contribution is 0.0918. The summed E-state index contributed by atoms with van der Waals surface area (Å²) in [5.74, 6) is 0.00165. The summed E-state index contributed by atoms with van der Waals surface area (Å²) in [4.78, 5) is 24.0. The maximum absolute atomic E-state index is 12.0. The Hall–Kier alpha value is -2.56. The number of aryl methyl sites for hydroxylation is 1. The van der Waals surface area contributed by atoms with Crippen molar-refractivity contribution in [2.45, 2.75) is 39.8 Å². The normalized spacial score (nSPS) is 11.8. The number of amides is 2. The third kappa shape index (κ3) is 4.45. The summed E-state index contributed by atoms with van der Waals surface area (Å²) in [6.07, 6.45) is 2.39. The van der Waals surface area contributed by atoms with Crippen LogP contribution in [0.2, 0.25) is 0 Å². The fourth-order valence-corrected chi connectivity index (χ4v) is 2.05. The number of carbonyl (C=O) groups excluding carboxylic acids is 2. The molecule has 1 aromatic carbocycles. The zero-order valence-electron chi connectivity index (χ0n) is 13.7. The molecule has 2 N–H and O–H groups in total. The van der Waals surface area contributed by atoms with Crippen LogP contribution in [0.3, 0.4) is 0 Å². The Bertz CT molecular complexity index is 674. The summed E-state index contributed by atoms with van der Waals surface area (Å²) >= 11 is 0. The molecule has 0 bridgehead atoms. The van der Waals surface area contributed by atoms with Crippen LogP contribution in [0.1, 0.15) is 52.3 Å². The van der Waals surface area contributed by atoms with Gasteiger partial charge in [-0.2, -0.15) is 0 Å². The predicted molar refractivity (Wildman–Crippen MR) is 88.3 cm³/mol. The Labute approximate surface area is 136 Å². The van der Waals surface area contributed by atoms with Gasteiger partial charge >= 0.3 is 0 Å². The summed E-state index contributed by atoms with van der Waals surface area (Å²) < 4.78 is 5.15. The number of hydrogen-bond donors (Lipinski definition) is 2. The van der Waals surface area contributed by atoms with Crippen molar-refractivity contribution in [2.24, 2.45) is 0 Å². The lowest BCUT2D eigenvalue weighted by atomic mass is 10.1.